The molecule has 5 aromatic rings. The molecule has 194 valence electrons. The van der Waals surface area contributed by atoms with Crippen molar-refractivity contribution in [3.8, 4) is 0 Å². The molecule has 2 amide bonds. The zero-order valence-electron chi connectivity index (χ0n) is 20.8. The fourth-order valence-corrected chi connectivity index (χ4v) is 6.36. The molecule has 0 fully saturated rings. The van der Waals surface area contributed by atoms with E-state index in [-0.39, 0.29) is 18.4 Å². The Labute approximate surface area is 233 Å². The number of hydrogen-bond acceptors (Lipinski definition) is 3. The molecule has 1 aliphatic heterocycles. The van der Waals surface area contributed by atoms with Crippen LogP contribution < -0.4 is 10.2 Å². The summed E-state index contributed by atoms with van der Waals surface area (Å²) in [6.45, 7) is 0.683. The van der Waals surface area contributed by atoms with E-state index in [0.717, 1.165) is 22.0 Å². The van der Waals surface area contributed by atoms with E-state index in [0.29, 0.717) is 44.6 Å². The van der Waals surface area contributed by atoms with E-state index in [1.54, 1.807) is 59.5 Å². The van der Waals surface area contributed by atoms with Gasteiger partial charge in [-0.2, -0.15) is 0 Å². The van der Waals surface area contributed by atoms with Gasteiger partial charge < -0.3 is 15.2 Å². The van der Waals surface area contributed by atoms with Gasteiger partial charge in [-0.25, -0.2) is 4.21 Å². The zero-order chi connectivity index (χ0) is 26.9. The lowest BCUT2D eigenvalue weighted by Crippen LogP contribution is -2.31. The van der Waals surface area contributed by atoms with Crippen LogP contribution in [0.5, 0.6) is 0 Å². The number of aromatic amines is 1. The lowest BCUT2D eigenvalue weighted by atomic mass is 10.1. The number of carbonyl (C=O) groups is 2. The van der Waals surface area contributed by atoms with Crippen LogP contribution in [-0.2, 0) is 23.8 Å². The van der Waals surface area contributed by atoms with Crippen molar-refractivity contribution in [3.63, 3.8) is 0 Å². The summed E-state index contributed by atoms with van der Waals surface area (Å²) >= 11 is 6.07. The normalized spacial score (nSPS) is 14.5. The van der Waals surface area contributed by atoms with Gasteiger partial charge in [-0.3, -0.25) is 9.59 Å². The molecule has 0 bridgehead atoms. The predicted molar refractivity (Wildman–Crippen MR) is 154 cm³/mol. The SMILES string of the molecule is O=C(NCCc1c[nH]c2ccccc12)c1ccc2c(c1)N(Cc1ccc(Cl)cc1)C(=O)c1ccccc1S2=O. The lowest BCUT2D eigenvalue weighted by molar-refractivity contribution is 0.0950. The van der Waals surface area contributed by atoms with Gasteiger partial charge in [-0.05, 0) is 66.1 Å². The minimum atomic E-state index is -1.59. The number of benzene rings is 4. The molecule has 1 aromatic heterocycles. The number of anilines is 1. The molecule has 2 N–H and O–H groups in total. The molecule has 2 heterocycles. The molecule has 4 aromatic carbocycles. The molecular weight excluding hydrogens is 530 g/mol. The fraction of sp³-hybridized carbons (Fsp3) is 0.0968. The third kappa shape index (κ3) is 4.87. The summed E-state index contributed by atoms with van der Waals surface area (Å²) in [6, 6.07) is 27.2. The lowest BCUT2D eigenvalue weighted by Gasteiger charge is -2.23. The van der Waals surface area contributed by atoms with Crippen LogP contribution in [0.4, 0.5) is 5.69 Å². The van der Waals surface area contributed by atoms with Crippen molar-refractivity contribution in [1.29, 1.82) is 0 Å². The summed E-state index contributed by atoms with van der Waals surface area (Å²) in [5.74, 6) is -0.534. The Morgan fingerprint density at radius 1 is 0.923 bits per heavy atom. The van der Waals surface area contributed by atoms with E-state index in [2.05, 4.69) is 16.4 Å². The van der Waals surface area contributed by atoms with Crippen LogP contribution in [0.15, 0.2) is 107 Å². The fourth-order valence-electron chi connectivity index (χ4n) is 4.89. The molecular formula is C31H24ClN3O3S. The molecule has 0 saturated carbocycles. The number of fused-ring (bicyclic) bond motifs is 3. The monoisotopic (exact) mass is 553 g/mol. The molecule has 0 radical (unpaired) electrons. The second-order valence-electron chi connectivity index (χ2n) is 9.33. The summed E-state index contributed by atoms with van der Waals surface area (Å²) < 4.78 is 13.6. The van der Waals surface area contributed by atoms with Gasteiger partial charge in [0.15, 0.2) is 0 Å². The highest BCUT2D eigenvalue weighted by molar-refractivity contribution is 7.85. The molecule has 8 heteroatoms. The van der Waals surface area contributed by atoms with Crippen LogP contribution >= 0.6 is 11.6 Å². The number of carbonyl (C=O) groups excluding carboxylic acids is 2. The van der Waals surface area contributed by atoms with Gasteiger partial charge in [0.25, 0.3) is 11.8 Å². The highest BCUT2D eigenvalue weighted by Crippen LogP contribution is 2.36. The first-order valence-electron chi connectivity index (χ1n) is 12.5. The first-order chi connectivity index (χ1) is 19.0. The molecule has 6 nitrogen and oxygen atoms in total. The number of nitrogens with one attached hydrogen (secondary N) is 2. The number of para-hydroxylation sites is 1. The van der Waals surface area contributed by atoms with E-state index in [4.69, 9.17) is 11.6 Å². The Balaban J connectivity index is 1.30. The topological polar surface area (TPSA) is 82.3 Å². The van der Waals surface area contributed by atoms with Crippen LogP contribution in [0.3, 0.4) is 0 Å². The van der Waals surface area contributed by atoms with Crippen molar-refractivity contribution in [3.05, 3.63) is 124 Å². The van der Waals surface area contributed by atoms with Gasteiger partial charge in [0.05, 0.1) is 38.4 Å². The predicted octanol–water partition coefficient (Wildman–Crippen LogP) is 6.12. The number of halogens is 1. The van der Waals surface area contributed by atoms with E-state index in [1.807, 2.05) is 36.5 Å². The van der Waals surface area contributed by atoms with Gasteiger partial charge in [-0.15, -0.1) is 0 Å². The Kier molecular flexibility index (Phi) is 6.77. The average Bonchev–Trinajstić information content (AvgIpc) is 3.35. The summed E-state index contributed by atoms with van der Waals surface area (Å²) in [7, 11) is -1.59. The van der Waals surface area contributed by atoms with Gasteiger partial charge >= 0.3 is 0 Å². The quantitative estimate of drug-likeness (QED) is 0.266. The Morgan fingerprint density at radius 3 is 2.54 bits per heavy atom. The second kappa shape index (κ2) is 10.5. The molecule has 0 aliphatic carbocycles. The van der Waals surface area contributed by atoms with Crippen LogP contribution in [0.1, 0.15) is 31.8 Å². The van der Waals surface area contributed by atoms with E-state index in [9.17, 15) is 13.8 Å². The van der Waals surface area contributed by atoms with Crippen molar-refractivity contribution in [1.82, 2.24) is 10.3 Å². The summed E-state index contributed by atoms with van der Waals surface area (Å²) in [5, 5.41) is 4.72. The van der Waals surface area contributed by atoms with E-state index >= 15 is 0 Å². The van der Waals surface area contributed by atoms with Crippen LogP contribution in [0, 0.1) is 0 Å². The van der Waals surface area contributed by atoms with Crippen molar-refractivity contribution < 1.29 is 13.8 Å². The van der Waals surface area contributed by atoms with E-state index in [1.165, 1.54) is 0 Å². The third-order valence-electron chi connectivity index (χ3n) is 6.88. The van der Waals surface area contributed by atoms with Crippen LogP contribution in [0.25, 0.3) is 10.9 Å². The van der Waals surface area contributed by atoms with Crippen LogP contribution in [-0.4, -0.2) is 27.6 Å². The minimum Gasteiger partial charge on any atom is -0.361 e. The van der Waals surface area contributed by atoms with Crippen molar-refractivity contribution in [2.45, 2.75) is 22.8 Å². The van der Waals surface area contributed by atoms with Crippen molar-refractivity contribution >= 4 is 50.8 Å². The van der Waals surface area contributed by atoms with Gasteiger partial charge in [0, 0.05) is 34.2 Å². The molecule has 39 heavy (non-hydrogen) atoms. The molecule has 1 unspecified atom stereocenters. The highest BCUT2D eigenvalue weighted by Gasteiger charge is 2.31. The minimum absolute atomic E-state index is 0.236. The van der Waals surface area contributed by atoms with Crippen molar-refractivity contribution in [2.75, 3.05) is 11.4 Å². The highest BCUT2D eigenvalue weighted by atomic mass is 35.5. The number of rotatable bonds is 6. The number of amides is 2. The Hall–Kier alpha value is -4.20. The third-order valence-corrected chi connectivity index (χ3v) is 8.63. The van der Waals surface area contributed by atoms with Crippen molar-refractivity contribution in [2.24, 2.45) is 0 Å². The largest absolute Gasteiger partial charge is 0.361 e. The van der Waals surface area contributed by atoms with Gasteiger partial charge in [0.1, 0.15) is 0 Å². The maximum atomic E-state index is 13.8. The van der Waals surface area contributed by atoms with Crippen LogP contribution in [0.2, 0.25) is 5.02 Å². The van der Waals surface area contributed by atoms with Gasteiger partial charge in [0.2, 0.25) is 0 Å². The molecule has 1 atom stereocenters. The number of aromatic nitrogens is 1. The first-order valence-corrected chi connectivity index (χ1v) is 14.1. The maximum Gasteiger partial charge on any atom is 0.259 e. The Morgan fingerprint density at radius 2 is 1.69 bits per heavy atom. The smallest absolute Gasteiger partial charge is 0.259 e. The summed E-state index contributed by atoms with van der Waals surface area (Å²) in [6.07, 6.45) is 2.63. The molecule has 0 spiro atoms. The first kappa shape index (κ1) is 25.1. The average molecular weight is 554 g/mol. The molecule has 6 rings (SSSR count). The number of hydrogen-bond donors (Lipinski definition) is 2. The summed E-state index contributed by atoms with van der Waals surface area (Å²) in [5.41, 5.74) is 4.27. The molecule has 0 saturated heterocycles. The number of nitrogens with zero attached hydrogens (tertiary/aromatic N) is 1. The zero-order valence-corrected chi connectivity index (χ0v) is 22.4. The maximum absolute atomic E-state index is 13.8. The molecule has 1 aliphatic rings. The number of H-pyrrole nitrogens is 1. The standard InChI is InChI=1S/C31H24ClN3O3S/c32-23-12-9-20(10-13-23)19-35-27-17-21(11-14-29(27)39(38)28-8-4-2-6-25(28)31(35)37)30(36)33-16-15-22-18-34-26-7-3-1-5-24(22)26/h1-14,17-18,34H,15-16,19H2,(H,33,36). The Bertz CT molecular complexity index is 1750. The van der Waals surface area contributed by atoms with E-state index < -0.39 is 10.8 Å². The van der Waals surface area contributed by atoms with Gasteiger partial charge in [-0.1, -0.05) is 54.1 Å². The second-order valence-corrected chi connectivity index (χ2v) is 11.2. The summed E-state index contributed by atoms with van der Waals surface area (Å²) in [4.78, 5) is 32.7.